The van der Waals surface area contributed by atoms with E-state index in [1.54, 1.807) is 11.0 Å². The van der Waals surface area contributed by atoms with Gasteiger partial charge in [0.25, 0.3) is 0 Å². The number of allylic oxidation sites excluding steroid dienone is 1. The van der Waals surface area contributed by atoms with Gasteiger partial charge in [-0.05, 0) is 53.6 Å². The van der Waals surface area contributed by atoms with Crippen molar-refractivity contribution in [3.63, 3.8) is 0 Å². The maximum Gasteiger partial charge on any atom is 0.410 e. The van der Waals surface area contributed by atoms with Crippen molar-refractivity contribution in [3.8, 4) is 0 Å². The number of amides is 1. The van der Waals surface area contributed by atoms with Crippen LogP contribution in [0.2, 0.25) is 0 Å². The third-order valence-electron chi connectivity index (χ3n) is 4.37. The Morgan fingerprint density at radius 1 is 1.33 bits per heavy atom. The number of carbonyl (C=O) groups is 1. The molecule has 1 saturated heterocycles. The van der Waals surface area contributed by atoms with E-state index >= 15 is 0 Å². The molecular weight excluding hydrogens is 346 g/mol. The summed E-state index contributed by atoms with van der Waals surface area (Å²) >= 11 is 0. The minimum absolute atomic E-state index is 0.253. The van der Waals surface area contributed by atoms with Gasteiger partial charge in [0.05, 0.1) is 6.61 Å². The molecule has 0 aliphatic carbocycles. The Hall–Kier alpha value is -2.09. The Morgan fingerprint density at radius 2 is 1.96 bits per heavy atom. The lowest BCUT2D eigenvalue weighted by molar-refractivity contribution is 0.0169. The molecule has 0 saturated carbocycles. The molecule has 0 aromatic heterocycles. The summed E-state index contributed by atoms with van der Waals surface area (Å²) in [6.45, 7) is 8.38. The van der Waals surface area contributed by atoms with Gasteiger partial charge < -0.3 is 36.1 Å². The van der Waals surface area contributed by atoms with Gasteiger partial charge in [-0.2, -0.15) is 0 Å². The summed E-state index contributed by atoms with van der Waals surface area (Å²) in [7, 11) is 3.86. The predicted octanol–water partition coefficient (Wildman–Crippen LogP) is 1.54. The molecule has 27 heavy (non-hydrogen) atoms. The minimum Gasteiger partial charge on any atom is -0.492 e. The number of carbonyl (C=O) groups excluding carboxylic acids is 1. The lowest BCUT2D eigenvalue weighted by Crippen LogP contribution is -2.47. The van der Waals surface area contributed by atoms with E-state index in [1.807, 2.05) is 39.8 Å². The van der Waals surface area contributed by atoms with Gasteiger partial charge in [0.15, 0.2) is 0 Å². The van der Waals surface area contributed by atoms with Crippen LogP contribution in [-0.4, -0.2) is 67.9 Å². The highest BCUT2D eigenvalue weighted by molar-refractivity contribution is 5.68. The van der Waals surface area contributed by atoms with Crippen LogP contribution in [0.3, 0.4) is 0 Å². The number of nitrogens with two attached hydrogens (primary N) is 2. The molecule has 1 aliphatic rings. The van der Waals surface area contributed by atoms with Crippen molar-refractivity contribution in [2.24, 2.45) is 11.5 Å². The average molecular weight is 384 g/mol. The van der Waals surface area contributed by atoms with Gasteiger partial charge in [-0.1, -0.05) is 0 Å². The molecule has 0 atom stereocenters. The van der Waals surface area contributed by atoms with E-state index in [9.17, 15) is 4.79 Å². The third-order valence-corrected chi connectivity index (χ3v) is 4.37. The van der Waals surface area contributed by atoms with Crippen LogP contribution in [0.5, 0.6) is 0 Å². The number of hydrogen-bond donors (Lipinski definition) is 3. The Balaban J connectivity index is 2.52. The highest BCUT2D eigenvalue weighted by Crippen LogP contribution is 2.20. The second kappa shape index (κ2) is 10.9. The molecule has 0 aromatic carbocycles. The molecule has 0 radical (unpaired) electrons. The molecule has 1 heterocycles. The average Bonchev–Trinajstić information content (AvgIpc) is 2.62. The fourth-order valence-electron chi connectivity index (χ4n) is 2.80. The summed E-state index contributed by atoms with van der Waals surface area (Å²) in [5, 5.41) is 3.07. The van der Waals surface area contributed by atoms with Crippen molar-refractivity contribution in [2.45, 2.75) is 51.7 Å². The zero-order valence-electron chi connectivity index (χ0n) is 17.5. The Morgan fingerprint density at radius 3 is 2.48 bits per heavy atom. The summed E-state index contributed by atoms with van der Waals surface area (Å²) in [6, 6.07) is 0.253. The summed E-state index contributed by atoms with van der Waals surface area (Å²) in [5.41, 5.74) is 11.4. The molecule has 0 unspecified atom stereocenters. The van der Waals surface area contributed by atoms with E-state index in [0.717, 1.165) is 25.8 Å². The maximum atomic E-state index is 12.2. The van der Waals surface area contributed by atoms with E-state index in [4.69, 9.17) is 20.9 Å². The monoisotopic (exact) mass is 383 g/mol. The number of ether oxygens (including phenoxy) is 2. The zero-order valence-corrected chi connectivity index (χ0v) is 17.5. The minimum atomic E-state index is -0.476. The molecule has 0 aromatic rings. The summed E-state index contributed by atoms with van der Waals surface area (Å²) in [4.78, 5) is 15.9. The van der Waals surface area contributed by atoms with Gasteiger partial charge in [0, 0.05) is 38.5 Å². The number of piperidine rings is 1. The van der Waals surface area contributed by atoms with E-state index < -0.39 is 5.60 Å². The van der Waals surface area contributed by atoms with Crippen LogP contribution in [-0.2, 0) is 9.47 Å². The Bertz CT molecular complexity index is 520. The first-order chi connectivity index (χ1) is 12.7. The van der Waals surface area contributed by atoms with Gasteiger partial charge in [0.1, 0.15) is 17.2 Å². The van der Waals surface area contributed by atoms with Crippen LogP contribution >= 0.6 is 0 Å². The first kappa shape index (κ1) is 23.0. The van der Waals surface area contributed by atoms with Crippen molar-refractivity contribution < 1.29 is 14.3 Å². The van der Waals surface area contributed by atoms with Crippen LogP contribution in [0.15, 0.2) is 23.9 Å². The van der Waals surface area contributed by atoms with E-state index in [0.29, 0.717) is 31.3 Å². The van der Waals surface area contributed by atoms with Crippen molar-refractivity contribution >= 4 is 6.09 Å². The maximum absolute atomic E-state index is 12.2. The number of nitrogens with zero attached hydrogens (tertiary/aromatic N) is 2. The predicted molar refractivity (Wildman–Crippen MR) is 108 cm³/mol. The summed E-state index contributed by atoms with van der Waals surface area (Å²) < 4.78 is 11.1. The summed E-state index contributed by atoms with van der Waals surface area (Å²) in [6.07, 6.45) is 5.46. The number of hydrogen-bond acceptors (Lipinski definition) is 7. The lowest BCUT2D eigenvalue weighted by atomic mass is 10.0. The highest BCUT2D eigenvalue weighted by atomic mass is 16.6. The molecule has 156 valence electrons. The Labute approximate surface area is 163 Å². The zero-order chi connectivity index (χ0) is 20.4. The SMILES string of the molecule is CNCCCOC(=C/N)/C=C(\N)N(C)C1CCN(C(=O)OC(C)(C)C)CC1. The van der Waals surface area contributed by atoms with E-state index in [-0.39, 0.29) is 12.1 Å². The smallest absolute Gasteiger partial charge is 0.410 e. The molecule has 1 aliphatic heterocycles. The number of nitrogens with one attached hydrogen (secondary N) is 1. The molecule has 5 N–H and O–H groups in total. The molecule has 0 bridgehead atoms. The van der Waals surface area contributed by atoms with Gasteiger partial charge >= 0.3 is 6.09 Å². The summed E-state index contributed by atoms with van der Waals surface area (Å²) in [5.74, 6) is 1.15. The molecule has 1 rings (SSSR count). The van der Waals surface area contributed by atoms with Crippen LogP contribution in [0, 0.1) is 0 Å². The van der Waals surface area contributed by atoms with Crippen molar-refractivity contribution in [1.82, 2.24) is 15.1 Å². The molecule has 1 amide bonds. The molecule has 1 fully saturated rings. The van der Waals surface area contributed by atoms with Crippen molar-refractivity contribution in [1.29, 1.82) is 0 Å². The largest absolute Gasteiger partial charge is 0.492 e. The van der Waals surface area contributed by atoms with Crippen molar-refractivity contribution in [3.05, 3.63) is 23.9 Å². The topological polar surface area (TPSA) is 106 Å². The second-order valence-corrected chi connectivity index (χ2v) is 7.75. The molecule has 8 nitrogen and oxygen atoms in total. The third kappa shape index (κ3) is 8.43. The molecule has 0 spiro atoms. The first-order valence-electron chi connectivity index (χ1n) is 9.55. The standard InChI is InChI=1S/C19H37N5O3/c1-19(2,3)27-18(25)24-10-7-15(8-11-24)23(5)17(21)13-16(14-20)26-12-6-9-22-4/h13-15,22H,6-12,20-21H2,1-5H3/b16-14+,17-13+. The Kier molecular flexibility index (Phi) is 9.28. The van der Waals surface area contributed by atoms with Crippen LogP contribution in [0.25, 0.3) is 0 Å². The van der Waals surface area contributed by atoms with E-state index in [2.05, 4.69) is 5.32 Å². The van der Waals surface area contributed by atoms with Crippen LogP contribution < -0.4 is 16.8 Å². The van der Waals surface area contributed by atoms with Crippen LogP contribution in [0.1, 0.15) is 40.0 Å². The highest BCUT2D eigenvalue weighted by Gasteiger charge is 2.28. The normalized spacial score (nSPS) is 17.0. The fraction of sp³-hybridized carbons (Fsp3) is 0.737. The fourth-order valence-corrected chi connectivity index (χ4v) is 2.80. The number of rotatable bonds is 8. The van der Waals surface area contributed by atoms with Gasteiger partial charge in [-0.3, -0.25) is 0 Å². The van der Waals surface area contributed by atoms with Crippen LogP contribution in [0.4, 0.5) is 4.79 Å². The lowest BCUT2D eigenvalue weighted by Gasteiger charge is -2.38. The second-order valence-electron chi connectivity index (χ2n) is 7.75. The van der Waals surface area contributed by atoms with Gasteiger partial charge in [-0.25, -0.2) is 4.79 Å². The quantitative estimate of drug-likeness (QED) is 0.332. The first-order valence-corrected chi connectivity index (χ1v) is 9.55. The number of likely N-dealkylation sites (tertiary alicyclic amines) is 1. The van der Waals surface area contributed by atoms with E-state index in [1.165, 1.54) is 6.20 Å². The van der Waals surface area contributed by atoms with Crippen molar-refractivity contribution in [2.75, 3.05) is 40.3 Å². The van der Waals surface area contributed by atoms with Gasteiger partial charge in [-0.15, -0.1) is 0 Å². The van der Waals surface area contributed by atoms with Gasteiger partial charge in [0.2, 0.25) is 0 Å². The molecular formula is C19H37N5O3. The molecule has 8 heteroatoms.